The lowest BCUT2D eigenvalue weighted by Gasteiger charge is -2.62. The predicted octanol–water partition coefficient (Wildman–Crippen LogP) is 5.55. The summed E-state index contributed by atoms with van der Waals surface area (Å²) < 4.78 is 17.3. The lowest BCUT2D eigenvalue weighted by molar-refractivity contribution is -0.208. The Morgan fingerprint density at radius 2 is 1.79 bits per heavy atom. The van der Waals surface area contributed by atoms with Crippen LogP contribution in [-0.4, -0.2) is 34.2 Å². The van der Waals surface area contributed by atoms with Crippen molar-refractivity contribution in [3.05, 3.63) is 46.5 Å². The molecule has 6 heteroatoms. The van der Waals surface area contributed by atoms with Gasteiger partial charge in [-0.25, -0.2) is 4.39 Å². The van der Waals surface area contributed by atoms with E-state index in [1.165, 1.54) is 6.92 Å². The van der Waals surface area contributed by atoms with Gasteiger partial charge < -0.3 is 5.11 Å². The molecule has 0 saturated heterocycles. The Morgan fingerprint density at radius 1 is 1.12 bits per heavy atom. The van der Waals surface area contributed by atoms with Crippen LogP contribution in [0.1, 0.15) is 69.7 Å². The molecule has 0 bridgehead atoms. The number of alkyl halides is 1. The molecule has 0 spiro atoms. The van der Waals surface area contributed by atoms with Crippen LogP contribution in [0.2, 0.25) is 5.02 Å². The topological polar surface area (TPSA) is 71.4 Å². The number of hydrogen-bond donors (Lipinski definition) is 1. The van der Waals surface area contributed by atoms with Gasteiger partial charge >= 0.3 is 0 Å². The SMILES string of the molecule is CC(=O)[C@H]1[C@H](C(=O)c2ccc(Cl)cc2)C[C@H]2[C@@H]3CCC4=CC(=O)CC[C@]4(C)C3(F)[C@@H](O)C[C@@]21C. The normalized spacial score (nSPS) is 43.4. The van der Waals surface area contributed by atoms with E-state index in [0.717, 1.165) is 5.57 Å². The van der Waals surface area contributed by atoms with E-state index in [4.69, 9.17) is 11.6 Å². The maximum Gasteiger partial charge on any atom is 0.166 e. The van der Waals surface area contributed by atoms with Crippen LogP contribution in [0.25, 0.3) is 0 Å². The molecule has 3 saturated carbocycles. The lowest BCUT2D eigenvalue weighted by atomic mass is 9.44. The summed E-state index contributed by atoms with van der Waals surface area (Å²) in [6, 6.07) is 6.69. The Labute approximate surface area is 204 Å². The van der Waals surface area contributed by atoms with Crippen LogP contribution in [0.5, 0.6) is 0 Å². The molecule has 0 aromatic heterocycles. The molecule has 1 aromatic rings. The van der Waals surface area contributed by atoms with Crippen molar-refractivity contribution in [1.29, 1.82) is 0 Å². The van der Waals surface area contributed by atoms with E-state index in [0.29, 0.717) is 36.3 Å². The molecule has 1 N–H and O–H groups in total. The lowest BCUT2D eigenvalue weighted by Crippen LogP contribution is -2.67. The van der Waals surface area contributed by atoms with Crippen molar-refractivity contribution in [3.8, 4) is 0 Å². The highest BCUT2D eigenvalue weighted by atomic mass is 35.5. The van der Waals surface area contributed by atoms with Gasteiger partial charge in [-0.1, -0.05) is 31.0 Å². The number of allylic oxidation sites excluding steroid dienone is 1. The highest BCUT2D eigenvalue weighted by Crippen LogP contribution is 2.70. The van der Waals surface area contributed by atoms with Crippen molar-refractivity contribution in [3.63, 3.8) is 0 Å². The zero-order chi connectivity index (χ0) is 24.6. The van der Waals surface area contributed by atoms with Gasteiger partial charge in [0.2, 0.25) is 0 Å². The molecular weight excluding hydrogens is 455 g/mol. The monoisotopic (exact) mass is 486 g/mol. The Hall–Kier alpha value is -1.85. The van der Waals surface area contributed by atoms with Gasteiger partial charge in [0.05, 0.1) is 6.10 Å². The van der Waals surface area contributed by atoms with Gasteiger partial charge in [-0.05, 0) is 80.7 Å². The first-order chi connectivity index (χ1) is 15.9. The second kappa shape index (κ2) is 7.83. The molecule has 0 amide bonds. The molecule has 3 fully saturated rings. The van der Waals surface area contributed by atoms with Gasteiger partial charge in [0.25, 0.3) is 0 Å². The summed E-state index contributed by atoms with van der Waals surface area (Å²) in [6.45, 7) is 5.34. The maximum absolute atomic E-state index is 17.3. The molecule has 4 aliphatic rings. The van der Waals surface area contributed by atoms with E-state index < -0.39 is 40.4 Å². The second-order valence-corrected chi connectivity index (χ2v) is 12.0. The predicted molar refractivity (Wildman–Crippen MR) is 127 cm³/mol. The number of aliphatic hydroxyl groups excluding tert-OH is 1. The minimum atomic E-state index is -1.89. The Kier molecular flexibility index (Phi) is 5.49. The highest BCUT2D eigenvalue weighted by Gasteiger charge is 2.72. The number of ketones is 3. The van der Waals surface area contributed by atoms with E-state index in [1.807, 2.05) is 13.8 Å². The molecular formula is C28H32ClFO4. The van der Waals surface area contributed by atoms with Crippen molar-refractivity contribution in [2.24, 2.45) is 34.5 Å². The van der Waals surface area contributed by atoms with Gasteiger partial charge in [-0.2, -0.15) is 0 Å². The highest BCUT2D eigenvalue weighted by molar-refractivity contribution is 6.30. The number of hydrogen-bond acceptors (Lipinski definition) is 4. The average molecular weight is 487 g/mol. The van der Waals surface area contributed by atoms with Gasteiger partial charge in [0, 0.05) is 40.2 Å². The summed E-state index contributed by atoms with van der Waals surface area (Å²) >= 11 is 6.00. The molecule has 8 atom stereocenters. The fourth-order valence-corrected chi connectivity index (χ4v) is 8.58. The largest absolute Gasteiger partial charge is 0.390 e. The van der Waals surface area contributed by atoms with Crippen LogP contribution in [0.3, 0.4) is 0 Å². The summed E-state index contributed by atoms with van der Waals surface area (Å²) in [5.41, 5.74) is -2.15. The fraction of sp³-hybridized carbons (Fsp3) is 0.607. The van der Waals surface area contributed by atoms with Crippen LogP contribution < -0.4 is 0 Å². The van der Waals surface area contributed by atoms with Crippen molar-refractivity contribution in [1.82, 2.24) is 0 Å². The van der Waals surface area contributed by atoms with Crippen molar-refractivity contribution in [2.45, 2.75) is 71.1 Å². The number of benzene rings is 1. The number of carbonyl (C=O) groups excluding carboxylic acids is 3. The van der Waals surface area contributed by atoms with E-state index in [-0.39, 0.29) is 36.1 Å². The number of Topliss-reactive ketones (excluding diaryl/α,β-unsaturated/α-hetero) is 2. The average Bonchev–Trinajstić information content (AvgIpc) is 3.08. The molecule has 1 unspecified atom stereocenters. The summed E-state index contributed by atoms with van der Waals surface area (Å²) in [5, 5.41) is 11.9. The number of aliphatic hydroxyl groups is 1. The smallest absolute Gasteiger partial charge is 0.166 e. The summed E-state index contributed by atoms with van der Waals surface area (Å²) in [7, 11) is 0. The number of rotatable bonds is 3. The molecule has 34 heavy (non-hydrogen) atoms. The zero-order valence-corrected chi connectivity index (χ0v) is 20.7. The Balaban J connectivity index is 1.57. The van der Waals surface area contributed by atoms with Crippen molar-refractivity contribution < 1.29 is 23.9 Å². The molecule has 4 nitrogen and oxygen atoms in total. The van der Waals surface area contributed by atoms with Crippen LogP contribution in [0.15, 0.2) is 35.9 Å². The van der Waals surface area contributed by atoms with Gasteiger partial charge in [-0.15, -0.1) is 0 Å². The standard InChI is InChI=1S/C28H32ClFO4/c1-15(31)24-20(25(34)16-4-7-18(29)8-5-16)13-22-21-9-6-17-12-19(32)10-11-27(17,3)28(21,30)23(33)14-26(22,24)2/h4-5,7-8,12,20-24,33H,6,9-11,13-14H2,1-3H3/t20-,21+,22+,23+,24+,26+,27+,28?/m1/s1. The molecule has 0 radical (unpaired) electrons. The third kappa shape index (κ3) is 3.08. The first kappa shape index (κ1) is 23.9. The van der Waals surface area contributed by atoms with Gasteiger partial charge in [0.1, 0.15) is 11.5 Å². The quantitative estimate of drug-likeness (QED) is 0.568. The van der Waals surface area contributed by atoms with Crippen molar-refractivity contribution >= 4 is 29.0 Å². The molecule has 0 heterocycles. The molecule has 4 aliphatic carbocycles. The van der Waals surface area contributed by atoms with E-state index in [1.54, 1.807) is 30.3 Å². The maximum atomic E-state index is 17.3. The Bertz CT molecular complexity index is 1100. The fourth-order valence-electron chi connectivity index (χ4n) is 8.46. The minimum absolute atomic E-state index is 0.0239. The number of fused-ring (bicyclic) bond motifs is 5. The van der Waals surface area contributed by atoms with E-state index in [2.05, 4.69) is 0 Å². The number of carbonyl (C=O) groups is 3. The van der Waals surface area contributed by atoms with Crippen LogP contribution in [0.4, 0.5) is 4.39 Å². The minimum Gasteiger partial charge on any atom is -0.390 e. The third-order valence-corrected chi connectivity index (χ3v) is 10.3. The van der Waals surface area contributed by atoms with Gasteiger partial charge in [0.15, 0.2) is 11.6 Å². The van der Waals surface area contributed by atoms with Crippen molar-refractivity contribution in [2.75, 3.05) is 0 Å². The van der Waals surface area contributed by atoms with Crippen LogP contribution in [0, 0.1) is 34.5 Å². The molecule has 1 aromatic carbocycles. The van der Waals surface area contributed by atoms with E-state index >= 15 is 4.39 Å². The first-order valence-corrected chi connectivity index (χ1v) is 12.7. The molecule has 0 aliphatic heterocycles. The summed E-state index contributed by atoms with van der Waals surface area (Å²) in [6.07, 6.45) is 2.69. The van der Waals surface area contributed by atoms with Crippen LogP contribution >= 0.6 is 11.6 Å². The first-order valence-electron chi connectivity index (χ1n) is 12.3. The second-order valence-electron chi connectivity index (χ2n) is 11.5. The molecule has 5 rings (SSSR count). The third-order valence-electron chi connectivity index (χ3n) is 10.0. The molecule has 182 valence electrons. The summed E-state index contributed by atoms with van der Waals surface area (Å²) in [4.78, 5) is 38.7. The number of halogens is 2. The Morgan fingerprint density at radius 3 is 2.44 bits per heavy atom. The zero-order valence-electron chi connectivity index (χ0n) is 19.9. The van der Waals surface area contributed by atoms with Crippen LogP contribution in [-0.2, 0) is 9.59 Å². The summed E-state index contributed by atoms with van der Waals surface area (Å²) in [5.74, 6) is -1.97. The van der Waals surface area contributed by atoms with E-state index in [9.17, 15) is 19.5 Å². The van der Waals surface area contributed by atoms with Gasteiger partial charge in [-0.3, -0.25) is 14.4 Å².